The summed E-state index contributed by atoms with van der Waals surface area (Å²) in [5, 5.41) is 1.09. The van der Waals surface area contributed by atoms with Gasteiger partial charge in [0.2, 0.25) is 0 Å². The summed E-state index contributed by atoms with van der Waals surface area (Å²) in [4.78, 5) is 9.04. The Morgan fingerprint density at radius 1 is 0.833 bits per heavy atom. The molecule has 3 rings (SSSR count). The van der Waals surface area contributed by atoms with Crippen LogP contribution < -0.4 is 0 Å². The number of hydrogen-bond donors (Lipinski definition) is 0. The maximum absolute atomic E-state index is 4.61. The van der Waals surface area contributed by atoms with Crippen LogP contribution in [-0.2, 0) is 0 Å². The van der Waals surface area contributed by atoms with Crippen molar-refractivity contribution in [2.45, 2.75) is 13.8 Å². The molecule has 0 saturated heterocycles. The van der Waals surface area contributed by atoms with Gasteiger partial charge in [0.25, 0.3) is 0 Å². The number of aromatic nitrogens is 2. The van der Waals surface area contributed by atoms with Crippen molar-refractivity contribution < 1.29 is 0 Å². The molecule has 18 heavy (non-hydrogen) atoms. The van der Waals surface area contributed by atoms with Crippen LogP contribution in [-0.4, -0.2) is 9.97 Å². The normalized spacial score (nSPS) is 10.8. The Hall–Kier alpha value is -2.22. The minimum atomic E-state index is 0.784. The molecule has 0 fully saturated rings. The van der Waals surface area contributed by atoms with Gasteiger partial charge in [-0.3, -0.25) is 0 Å². The first-order valence-electron chi connectivity index (χ1n) is 6.03. The highest BCUT2D eigenvalue weighted by Crippen LogP contribution is 2.19. The van der Waals surface area contributed by atoms with Gasteiger partial charge in [-0.2, -0.15) is 0 Å². The van der Waals surface area contributed by atoms with E-state index in [9.17, 15) is 0 Å². The van der Waals surface area contributed by atoms with Crippen LogP contribution in [0.2, 0.25) is 0 Å². The Kier molecular flexibility index (Phi) is 2.56. The fourth-order valence-corrected chi connectivity index (χ4v) is 1.99. The second-order valence-corrected chi connectivity index (χ2v) is 4.62. The first kappa shape index (κ1) is 10.9. The quantitative estimate of drug-likeness (QED) is 0.638. The summed E-state index contributed by atoms with van der Waals surface area (Å²) < 4.78 is 0. The molecule has 0 spiro atoms. The van der Waals surface area contributed by atoms with Gasteiger partial charge in [-0.15, -0.1) is 0 Å². The molecule has 0 saturated carbocycles. The first-order chi connectivity index (χ1) is 8.72. The summed E-state index contributed by atoms with van der Waals surface area (Å²) in [6.45, 7) is 4.15. The zero-order chi connectivity index (χ0) is 12.5. The summed E-state index contributed by atoms with van der Waals surface area (Å²) in [5.74, 6) is 0.784. The molecule has 0 amide bonds. The third kappa shape index (κ3) is 1.97. The van der Waals surface area contributed by atoms with Gasteiger partial charge in [-0.25, -0.2) is 9.97 Å². The van der Waals surface area contributed by atoms with Crippen LogP contribution >= 0.6 is 0 Å². The minimum absolute atomic E-state index is 0.784. The predicted octanol–water partition coefficient (Wildman–Crippen LogP) is 3.91. The maximum atomic E-state index is 4.61. The van der Waals surface area contributed by atoms with Crippen molar-refractivity contribution >= 4 is 10.9 Å². The van der Waals surface area contributed by atoms with Crippen LogP contribution in [0.4, 0.5) is 0 Å². The largest absolute Gasteiger partial charge is 0.236 e. The lowest BCUT2D eigenvalue weighted by Crippen LogP contribution is -1.90. The molecule has 1 aromatic heterocycles. The Morgan fingerprint density at radius 3 is 2.33 bits per heavy atom. The minimum Gasteiger partial charge on any atom is -0.236 e. The van der Waals surface area contributed by atoms with Gasteiger partial charge in [0.05, 0.1) is 5.52 Å². The van der Waals surface area contributed by atoms with E-state index in [0.717, 1.165) is 22.3 Å². The van der Waals surface area contributed by atoms with E-state index in [1.165, 1.54) is 11.1 Å². The van der Waals surface area contributed by atoms with Gasteiger partial charge in [0.1, 0.15) is 0 Å². The highest BCUT2D eigenvalue weighted by Gasteiger charge is 2.02. The van der Waals surface area contributed by atoms with Crippen molar-refractivity contribution in [1.82, 2.24) is 9.97 Å². The van der Waals surface area contributed by atoms with Gasteiger partial charge < -0.3 is 0 Å². The monoisotopic (exact) mass is 234 g/mol. The van der Waals surface area contributed by atoms with Gasteiger partial charge in [0.15, 0.2) is 5.82 Å². The molecule has 3 aromatic rings. The highest BCUT2D eigenvalue weighted by molar-refractivity contribution is 5.80. The molecule has 2 aromatic carbocycles. The van der Waals surface area contributed by atoms with Crippen LogP contribution in [0.25, 0.3) is 22.3 Å². The number of hydrogen-bond acceptors (Lipinski definition) is 2. The zero-order valence-corrected chi connectivity index (χ0v) is 10.5. The first-order valence-corrected chi connectivity index (χ1v) is 6.03. The molecule has 0 aliphatic rings. The van der Waals surface area contributed by atoms with E-state index in [2.05, 4.69) is 60.2 Å². The second kappa shape index (κ2) is 4.22. The lowest BCUT2D eigenvalue weighted by atomic mass is 10.1. The molecular formula is C16H14N2. The summed E-state index contributed by atoms with van der Waals surface area (Å²) in [7, 11) is 0. The Morgan fingerprint density at radius 2 is 1.56 bits per heavy atom. The van der Waals surface area contributed by atoms with Crippen molar-refractivity contribution in [3.63, 3.8) is 0 Å². The molecule has 0 aliphatic carbocycles. The van der Waals surface area contributed by atoms with Crippen molar-refractivity contribution in [3.8, 4) is 11.4 Å². The fraction of sp³-hybridized carbons (Fsp3) is 0.125. The van der Waals surface area contributed by atoms with Crippen LogP contribution in [0, 0.1) is 13.8 Å². The van der Waals surface area contributed by atoms with Gasteiger partial charge in [-0.1, -0.05) is 41.5 Å². The highest BCUT2D eigenvalue weighted by atomic mass is 14.9. The van der Waals surface area contributed by atoms with Crippen LogP contribution in [0.5, 0.6) is 0 Å². The molecule has 2 nitrogen and oxygen atoms in total. The SMILES string of the molecule is Cc1ccc(-c2ncc3cc(C)ccc3n2)cc1. The Labute approximate surface area is 106 Å². The molecule has 0 aliphatic heterocycles. The lowest BCUT2D eigenvalue weighted by molar-refractivity contribution is 1.22. The number of benzene rings is 2. The van der Waals surface area contributed by atoms with Crippen LogP contribution in [0.15, 0.2) is 48.7 Å². The third-order valence-electron chi connectivity index (χ3n) is 3.05. The Balaban J connectivity index is 2.13. The number of fused-ring (bicyclic) bond motifs is 1. The van der Waals surface area contributed by atoms with E-state index in [1.54, 1.807) is 0 Å². The summed E-state index contributed by atoms with van der Waals surface area (Å²) in [5.41, 5.74) is 4.53. The van der Waals surface area contributed by atoms with Gasteiger partial charge in [0, 0.05) is 17.1 Å². The molecule has 0 bridgehead atoms. The van der Waals surface area contributed by atoms with Gasteiger partial charge >= 0.3 is 0 Å². The van der Waals surface area contributed by atoms with Crippen LogP contribution in [0.1, 0.15) is 11.1 Å². The van der Waals surface area contributed by atoms with E-state index in [4.69, 9.17) is 0 Å². The zero-order valence-electron chi connectivity index (χ0n) is 10.5. The summed E-state index contributed by atoms with van der Waals surface area (Å²) in [6, 6.07) is 14.5. The van der Waals surface area contributed by atoms with E-state index in [0.29, 0.717) is 0 Å². The number of aryl methyl sites for hydroxylation is 2. The topological polar surface area (TPSA) is 25.8 Å². The Bertz CT molecular complexity index is 700. The molecule has 88 valence electrons. The fourth-order valence-electron chi connectivity index (χ4n) is 1.99. The molecule has 0 atom stereocenters. The van der Waals surface area contributed by atoms with Crippen LogP contribution in [0.3, 0.4) is 0 Å². The smallest absolute Gasteiger partial charge is 0.159 e. The average Bonchev–Trinajstić information content (AvgIpc) is 2.39. The van der Waals surface area contributed by atoms with Crippen molar-refractivity contribution in [2.75, 3.05) is 0 Å². The van der Waals surface area contributed by atoms with E-state index < -0.39 is 0 Å². The van der Waals surface area contributed by atoms with Crippen molar-refractivity contribution in [3.05, 3.63) is 59.8 Å². The van der Waals surface area contributed by atoms with E-state index >= 15 is 0 Å². The summed E-state index contributed by atoms with van der Waals surface area (Å²) >= 11 is 0. The van der Waals surface area contributed by atoms with E-state index in [1.807, 2.05) is 12.3 Å². The second-order valence-electron chi connectivity index (χ2n) is 4.62. The van der Waals surface area contributed by atoms with Crippen molar-refractivity contribution in [1.29, 1.82) is 0 Å². The molecule has 1 heterocycles. The van der Waals surface area contributed by atoms with Gasteiger partial charge in [-0.05, 0) is 26.0 Å². The standard InChI is InChI=1S/C16H14N2/c1-11-3-6-13(7-4-11)16-17-10-14-9-12(2)5-8-15(14)18-16/h3-10H,1-2H3. The average molecular weight is 234 g/mol. The molecule has 0 radical (unpaired) electrons. The molecular weight excluding hydrogens is 220 g/mol. The third-order valence-corrected chi connectivity index (χ3v) is 3.05. The number of nitrogens with zero attached hydrogens (tertiary/aromatic N) is 2. The maximum Gasteiger partial charge on any atom is 0.159 e. The molecule has 0 unspecified atom stereocenters. The van der Waals surface area contributed by atoms with E-state index in [-0.39, 0.29) is 0 Å². The van der Waals surface area contributed by atoms with Crippen molar-refractivity contribution in [2.24, 2.45) is 0 Å². The molecule has 2 heteroatoms. The molecule has 0 N–H and O–H groups in total. The predicted molar refractivity (Wildman–Crippen MR) is 74.4 cm³/mol. The lowest BCUT2D eigenvalue weighted by Gasteiger charge is -2.03. The number of rotatable bonds is 1. The summed E-state index contributed by atoms with van der Waals surface area (Å²) in [6.07, 6.45) is 1.89.